The molecule has 31 heteroatoms. The molecule has 2 atom stereocenters. The minimum atomic E-state index is -4.61. The van der Waals surface area contributed by atoms with Crippen molar-refractivity contribution in [2.75, 3.05) is 109 Å². The number of hydrogen-bond donors (Lipinski definition) is 4. The summed E-state index contributed by atoms with van der Waals surface area (Å²) in [5.74, 6) is 0.355. The summed E-state index contributed by atoms with van der Waals surface area (Å²) < 4.78 is 84.9. The summed E-state index contributed by atoms with van der Waals surface area (Å²) in [6.45, 7) is 19.9. The molecular weight excluding hydrogens is 1690 g/mol. The van der Waals surface area contributed by atoms with Gasteiger partial charge < -0.3 is 43.6 Å². The number of aromatic nitrogens is 4. The maximum Gasteiger partial charge on any atom is 0.277 e. The molecule has 10 aromatic rings. The molecule has 5 aliphatic heterocycles. The standard InChI is InChI=1S/C48H54ClN7O7S.C48H53ClN6O7S/c1-48(2)14-10-34(42(27-48)32-4-6-36(49)7-5-32)29-54-18-20-55(21-19-54)37-8-9-40(45(24-37)63-38-22-33-11-15-50-46(33)51-28-38)47(57)52-64(60,61)39-25-43(56(58)59)41-23-35(30-62-44(41)26-39)31-12-16-53(3)17-13-31;1-48(2)16-14-34(42(27-48)32-8-10-36(49)11-9-32)29-53-18-20-54(21-19-53)37-12-13-40(45(24-37)62-38-22-33-15-17-50-46(33)51-28-38)47(56)52-63(59,60)39-25-43(55(57)58)41-23-35(30-61-44(41)26-39)31-6-4-3-5-7-31/h4-9,11,15,22,24-26,28,31,35H,10,12-14,16-21,23,27,29-30H2,1-3H3,(H,50,51)(H,52,57);8-13,15,17,22,24-26,28,31,35H,3-7,14,16,18-21,23,27,29-30H2,1-2H3,(H,50,51)(H,52,56)/t2*35-/m00/s1. The Balaban J connectivity index is 0.000000179. The van der Waals surface area contributed by atoms with Crippen LogP contribution in [0.2, 0.25) is 10.0 Å². The maximum atomic E-state index is 14.1. The van der Waals surface area contributed by atoms with E-state index in [4.69, 9.17) is 42.1 Å². The van der Waals surface area contributed by atoms with Crippen LogP contribution in [0.3, 0.4) is 0 Å². The minimum absolute atomic E-state index is 0.0314. The second-order valence-corrected chi connectivity index (χ2v) is 41.2. The summed E-state index contributed by atoms with van der Waals surface area (Å²) in [6, 6.07) is 38.5. The first-order chi connectivity index (χ1) is 61.0. The van der Waals surface area contributed by atoms with Gasteiger partial charge in [-0.3, -0.25) is 39.6 Å². The highest BCUT2D eigenvalue weighted by molar-refractivity contribution is 7.90. The van der Waals surface area contributed by atoms with E-state index in [0.717, 1.165) is 200 Å². The van der Waals surface area contributed by atoms with E-state index >= 15 is 0 Å². The molecule has 0 radical (unpaired) electrons. The third-order valence-electron chi connectivity index (χ3n) is 27.1. The van der Waals surface area contributed by atoms with Gasteiger partial charge in [-0.1, -0.05) is 118 Å². The average molecular weight is 1800 g/mol. The Hall–Kier alpha value is -10.9. The number of aromatic amines is 2. The second kappa shape index (κ2) is 37.0. The number of halogens is 2. The number of piperazine rings is 2. The Bertz CT molecular complexity index is 6150. The zero-order valence-electron chi connectivity index (χ0n) is 72.1. The smallest absolute Gasteiger partial charge is 0.277 e. The lowest BCUT2D eigenvalue weighted by molar-refractivity contribution is -0.386. The molecule has 4 aromatic heterocycles. The lowest BCUT2D eigenvalue weighted by atomic mass is 9.72. The predicted molar refractivity (Wildman–Crippen MR) is 492 cm³/mol. The van der Waals surface area contributed by atoms with Gasteiger partial charge in [0.25, 0.3) is 43.2 Å². The number of carbonyl (C=O) groups excluding carboxylic acids is 2. The molecule has 0 bridgehead atoms. The molecule has 3 aliphatic carbocycles. The number of nitro benzene ring substituents is 2. The fraction of sp³-hybridized carbons (Fsp3) is 0.417. The number of amides is 2. The number of piperidine rings is 1. The number of nitrogens with zero attached hydrogens (tertiary/aromatic N) is 9. The third-order valence-corrected chi connectivity index (χ3v) is 30.2. The van der Waals surface area contributed by atoms with Crippen LogP contribution >= 0.6 is 23.2 Å². The van der Waals surface area contributed by atoms with Gasteiger partial charge in [-0.2, -0.15) is 0 Å². The van der Waals surface area contributed by atoms with Crippen molar-refractivity contribution in [3.8, 4) is 34.5 Å². The quantitative estimate of drug-likeness (QED) is 0.0362. The SMILES string of the molecule is CC1(C)CCC(CN2CCN(c3ccc(C(=O)NS(=O)(=O)c4cc5c(c([N+](=O)[O-])c4)C[C@H](C4CCCCC4)CO5)c(Oc4cnc5[nH]ccc5c4)c3)CC2)=C(c2ccc(Cl)cc2)C1.CN1CCC([C@@H]2COc3cc(S(=O)(=O)NC(=O)c4ccc(N5CCN(CC6=C(c7ccc(Cl)cc7)CC(C)(C)CC6)CC5)cc4Oc4cnc5[nH]ccc5c4)cc([N+](=O)[O-])c3C2)CC1. The number of carbonyl (C=O) groups is 2. The monoisotopic (exact) mass is 1800 g/mol. The van der Waals surface area contributed by atoms with Crippen LogP contribution in [0.25, 0.3) is 33.2 Å². The van der Waals surface area contributed by atoms with Gasteiger partial charge in [-0.05, 0) is 202 Å². The Morgan fingerprint density at radius 1 is 0.520 bits per heavy atom. The first kappa shape index (κ1) is 88.1. The number of sulfonamides is 2. The Morgan fingerprint density at radius 3 is 1.34 bits per heavy atom. The number of pyridine rings is 2. The highest BCUT2D eigenvalue weighted by Crippen LogP contribution is 2.49. The molecule has 1 saturated carbocycles. The summed E-state index contributed by atoms with van der Waals surface area (Å²) in [7, 11) is -7.14. The zero-order chi connectivity index (χ0) is 88.6. The molecule has 3 saturated heterocycles. The van der Waals surface area contributed by atoms with Crippen molar-refractivity contribution in [3.05, 3.63) is 233 Å². The van der Waals surface area contributed by atoms with Gasteiger partial charge in [0.1, 0.15) is 45.8 Å². The van der Waals surface area contributed by atoms with Gasteiger partial charge in [0.05, 0.1) is 67.5 Å². The lowest BCUT2D eigenvalue weighted by Gasteiger charge is -2.39. The lowest BCUT2D eigenvalue weighted by Crippen LogP contribution is -2.47. The number of H-pyrrole nitrogens is 2. The number of anilines is 2. The third kappa shape index (κ3) is 20.3. The van der Waals surface area contributed by atoms with Crippen LogP contribution in [0, 0.1) is 54.7 Å². The van der Waals surface area contributed by atoms with E-state index in [9.17, 15) is 46.7 Å². The molecule has 9 heterocycles. The molecule has 0 unspecified atom stereocenters. The first-order valence-corrected chi connectivity index (χ1v) is 47.8. The minimum Gasteiger partial charge on any atom is -0.493 e. The molecule has 4 N–H and O–H groups in total. The Labute approximate surface area is 750 Å². The predicted octanol–water partition coefficient (Wildman–Crippen LogP) is 18.7. The molecule has 2 amide bonds. The molecule has 18 rings (SSSR count). The highest BCUT2D eigenvalue weighted by atomic mass is 35.5. The highest BCUT2D eigenvalue weighted by Gasteiger charge is 2.40. The normalized spacial score (nSPS) is 19.8. The summed E-state index contributed by atoms with van der Waals surface area (Å²) in [6.07, 6.45) is 21.4. The maximum absolute atomic E-state index is 14.1. The van der Waals surface area contributed by atoms with E-state index < -0.39 is 51.5 Å². The number of ether oxygens (including phenoxy) is 4. The van der Waals surface area contributed by atoms with E-state index in [1.165, 1.54) is 64.4 Å². The second-order valence-electron chi connectivity index (χ2n) is 36.9. The van der Waals surface area contributed by atoms with Crippen molar-refractivity contribution in [1.82, 2.24) is 44.1 Å². The average Bonchev–Trinajstić information content (AvgIpc) is 1.31. The van der Waals surface area contributed by atoms with E-state index in [1.54, 1.807) is 60.9 Å². The Kier molecular flexibility index (Phi) is 25.7. The number of rotatable bonds is 22. The van der Waals surface area contributed by atoms with Gasteiger partial charge in [0, 0.05) is 158 Å². The summed E-state index contributed by atoms with van der Waals surface area (Å²) in [5.41, 5.74) is 11.7. The van der Waals surface area contributed by atoms with E-state index in [0.29, 0.717) is 71.8 Å². The molecule has 0 spiro atoms. The van der Waals surface area contributed by atoms with Gasteiger partial charge >= 0.3 is 0 Å². The van der Waals surface area contributed by atoms with E-state index in [1.807, 2.05) is 36.4 Å². The van der Waals surface area contributed by atoms with Crippen LogP contribution in [0.1, 0.15) is 154 Å². The molecule has 27 nitrogen and oxygen atoms in total. The van der Waals surface area contributed by atoms with Crippen LogP contribution in [-0.2, 0) is 32.9 Å². The van der Waals surface area contributed by atoms with Crippen LogP contribution in [0.4, 0.5) is 22.7 Å². The number of likely N-dealkylation sites (tertiary alicyclic amines) is 1. The number of allylic oxidation sites excluding steroid dienone is 2. The molecule has 6 aromatic carbocycles. The first-order valence-electron chi connectivity index (χ1n) is 44.1. The number of fused-ring (bicyclic) bond motifs is 4. The Morgan fingerprint density at radius 2 is 0.929 bits per heavy atom. The van der Waals surface area contributed by atoms with Crippen molar-refractivity contribution in [1.29, 1.82) is 0 Å². The molecule has 4 fully saturated rings. The number of nitrogens with one attached hydrogen (secondary N) is 4. The molecule has 127 heavy (non-hydrogen) atoms. The van der Waals surface area contributed by atoms with E-state index in [-0.39, 0.29) is 68.2 Å². The summed E-state index contributed by atoms with van der Waals surface area (Å²) >= 11 is 12.5. The van der Waals surface area contributed by atoms with Crippen molar-refractivity contribution in [2.24, 2.45) is 34.5 Å². The largest absolute Gasteiger partial charge is 0.493 e. The fourth-order valence-electron chi connectivity index (χ4n) is 19.7. The van der Waals surface area contributed by atoms with Gasteiger partial charge in [0.15, 0.2) is 0 Å². The van der Waals surface area contributed by atoms with Crippen LogP contribution < -0.4 is 38.2 Å². The van der Waals surface area contributed by atoms with Crippen LogP contribution in [0.15, 0.2) is 179 Å². The topological polar surface area (TPSA) is 323 Å². The van der Waals surface area contributed by atoms with Crippen LogP contribution in [0.5, 0.6) is 34.5 Å². The molecule has 8 aliphatic rings. The zero-order valence-corrected chi connectivity index (χ0v) is 75.3. The van der Waals surface area contributed by atoms with Crippen LogP contribution in [-0.4, -0.2) is 172 Å². The number of hydrogen-bond acceptors (Lipinski definition) is 21. The molecule has 666 valence electrons. The fourth-order valence-corrected chi connectivity index (χ4v) is 21.9. The van der Waals surface area contributed by atoms with Crippen molar-refractivity contribution >= 4 is 111 Å². The molecular formula is C96H107Cl2N13O14S2. The van der Waals surface area contributed by atoms with Crippen molar-refractivity contribution in [3.63, 3.8) is 0 Å². The van der Waals surface area contributed by atoms with E-state index in [2.05, 4.69) is 113 Å². The summed E-state index contributed by atoms with van der Waals surface area (Å²) in [5, 5.41) is 27.8. The van der Waals surface area contributed by atoms with Crippen molar-refractivity contribution in [2.45, 2.75) is 134 Å². The summed E-state index contributed by atoms with van der Waals surface area (Å²) in [4.78, 5) is 77.6. The number of benzene rings is 6. The van der Waals surface area contributed by atoms with Gasteiger partial charge in [-0.25, -0.2) is 36.2 Å². The number of nitro groups is 2. The van der Waals surface area contributed by atoms with Gasteiger partial charge in [-0.15, -0.1) is 0 Å². The van der Waals surface area contributed by atoms with Gasteiger partial charge in [0.2, 0.25) is 0 Å². The van der Waals surface area contributed by atoms with Crippen molar-refractivity contribution < 1.29 is 55.2 Å².